The maximum atomic E-state index is 11.0. The quantitative estimate of drug-likeness (QED) is 0.789. The van der Waals surface area contributed by atoms with Gasteiger partial charge in [0.15, 0.2) is 0 Å². The molecule has 1 saturated carbocycles. The number of aromatic nitrogens is 2. The fraction of sp³-hybridized carbons (Fsp3) is 0.700. The molecule has 1 aliphatic carbocycles. The molecule has 0 bridgehead atoms. The average Bonchev–Trinajstić information content (AvgIpc) is 2.63. The molecule has 1 aromatic rings. The van der Waals surface area contributed by atoms with Gasteiger partial charge in [0.1, 0.15) is 5.78 Å². The number of carbonyl (C=O) groups is 1. The Morgan fingerprint density at radius 2 is 2.20 bits per heavy atom. The number of hydrogen-bond donors (Lipinski definition) is 0. The summed E-state index contributed by atoms with van der Waals surface area (Å²) in [5.74, 6) is 0.366. The Morgan fingerprint density at radius 1 is 1.47 bits per heavy atom. The number of Topliss-reactive ketones (excluding diaryl/α,β-unsaturated/α-hetero) is 1. The van der Waals surface area contributed by atoms with Crippen LogP contribution in [-0.4, -0.2) is 21.5 Å². The third-order valence-corrected chi connectivity index (χ3v) is 3.48. The minimum Gasteiger partial charge on any atom is -0.373 e. The Kier molecular flexibility index (Phi) is 3.43. The second-order valence-electron chi connectivity index (χ2n) is 3.83. The predicted octanol–water partition coefficient (Wildman–Crippen LogP) is 1.87. The fourth-order valence-corrected chi connectivity index (χ4v) is 2.21. The molecule has 0 N–H and O–H groups in total. The van der Waals surface area contributed by atoms with Crippen molar-refractivity contribution in [2.24, 2.45) is 0 Å². The van der Waals surface area contributed by atoms with Gasteiger partial charge in [0.2, 0.25) is 0 Å². The summed E-state index contributed by atoms with van der Waals surface area (Å²) in [5, 5.41) is 3.93. The van der Waals surface area contributed by atoms with E-state index in [0.717, 1.165) is 23.4 Å². The number of rotatable bonds is 3. The summed E-state index contributed by atoms with van der Waals surface area (Å²) in [7, 11) is 0. The van der Waals surface area contributed by atoms with Crippen molar-refractivity contribution in [2.45, 2.75) is 45.3 Å². The number of nitrogens with zero attached hydrogens (tertiary/aromatic N) is 2. The van der Waals surface area contributed by atoms with Crippen molar-refractivity contribution in [3.8, 4) is 0 Å². The SMILES string of the molecule is Cc1nnsc1COC1CCC(=O)CC1. The summed E-state index contributed by atoms with van der Waals surface area (Å²) < 4.78 is 9.59. The van der Waals surface area contributed by atoms with Gasteiger partial charge in [-0.15, -0.1) is 5.10 Å². The average molecular weight is 226 g/mol. The molecular formula is C10H14N2O2S. The van der Waals surface area contributed by atoms with Crippen LogP contribution in [0, 0.1) is 6.92 Å². The van der Waals surface area contributed by atoms with Crippen molar-refractivity contribution in [3.63, 3.8) is 0 Å². The van der Waals surface area contributed by atoms with Crippen molar-refractivity contribution in [1.82, 2.24) is 9.59 Å². The zero-order valence-electron chi connectivity index (χ0n) is 8.73. The molecule has 4 nitrogen and oxygen atoms in total. The second-order valence-corrected chi connectivity index (χ2v) is 4.67. The van der Waals surface area contributed by atoms with Gasteiger partial charge in [-0.1, -0.05) is 4.49 Å². The van der Waals surface area contributed by atoms with Crippen LogP contribution in [0.2, 0.25) is 0 Å². The van der Waals surface area contributed by atoms with Crippen LogP contribution in [0.1, 0.15) is 36.3 Å². The number of aryl methyl sites for hydroxylation is 1. The molecule has 15 heavy (non-hydrogen) atoms. The first kappa shape index (κ1) is 10.7. The van der Waals surface area contributed by atoms with Crippen molar-refractivity contribution in [2.75, 3.05) is 0 Å². The van der Waals surface area contributed by atoms with E-state index in [1.807, 2.05) is 6.92 Å². The molecule has 0 amide bonds. The highest BCUT2D eigenvalue weighted by atomic mass is 32.1. The van der Waals surface area contributed by atoms with E-state index in [-0.39, 0.29) is 6.10 Å². The summed E-state index contributed by atoms with van der Waals surface area (Å²) in [6, 6.07) is 0. The van der Waals surface area contributed by atoms with Gasteiger partial charge in [-0.2, -0.15) is 0 Å². The van der Waals surface area contributed by atoms with Gasteiger partial charge < -0.3 is 4.74 Å². The molecule has 1 aliphatic rings. The van der Waals surface area contributed by atoms with Crippen LogP contribution in [-0.2, 0) is 16.1 Å². The standard InChI is InChI=1S/C10H14N2O2S/c1-7-10(15-12-11-7)6-14-9-4-2-8(13)3-5-9/h9H,2-6H2,1H3. The molecule has 0 saturated heterocycles. The molecule has 0 aliphatic heterocycles. The van der Waals surface area contributed by atoms with Crippen LogP contribution in [0.15, 0.2) is 0 Å². The molecule has 0 spiro atoms. The van der Waals surface area contributed by atoms with Crippen LogP contribution in [0.3, 0.4) is 0 Å². The molecule has 0 unspecified atom stereocenters. The lowest BCUT2D eigenvalue weighted by atomic mass is 9.96. The Balaban J connectivity index is 1.79. The highest BCUT2D eigenvalue weighted by Crippen LogP contribution is 2.20. The molecule has 82 valence electrons. The summed E-state index contributed by atoms with van der Waals surface area (Å²) in [4.78, 5) is 12.1. The molecule has 1 fully saturated rings. The lowest BCUT2D eigenvalue weighted by Gasteiger charge is -2.20. The highest BCUT2D eigenvalue weighted by molar-refractivity contribution is 7.05. The summed E-state index contributed by atoms with van der Waals surface area (Å²) in [6.07, 6.45) is 3.31. The van der Waals surface area contributed by atoms with Crippen molar-refractivity contribution < 1.29 is 9.53 Å². The van der Waals surface area contributed by atoms with Gasteiger partial charge in [-0.3, -0.25) is 4.79 Å². The summed E-state index contributed by atoms with van der Waals surface area (Å²) >= 11 is 1.39. The van der Waals surface area contributed by atoms with E-state index >= 15 is 0 Å². The third-order valence-electron chi connectivity index (χ3n) is 2.69. The Hall–Kier alpha value is -0.810. The lowest BCUT2D eigenvalue weighted by molar-refractivity contribution is -0.123. The fourth-order valence-electron chi connectivity index (χ4n) is 1.66. The molecule has 0 atom stereocenters. The first-order valence-electron chi connectivity index (χ1n) is 5.17. The zero-order valence-corrected chi connectivity index (χ0v) is 9.55. The number of ketones is 1. The summed E-state index contributed by atoms with van der Waals surface area (Å²) in [5.41, 5.74) is 0.951. The molecule has 0 aromatic carbocycles. The van der Waals surface area contributed by atoms with E-state index < -0.39 is 0 Å². The van der Waals surface area contributed by atoms with E-state index in [1.54, 1.807) is 0 Å². The van der Waals surface area contributed by atoms with Crippen LogP contribution < -0.4 is 0 Å². The van der Waals surface area contributed by atoms with Crippen molar-refractivity contribution in [1.29, 1.82) is 0 Å². The molecule has 1 aromatic heterocycles. The van der Waals surface area contributed by atoms with E-state index in [0.29, 0.717) is 25.2 Å². The van der Waals surface area contributed by atoms with Crippen LogP contribution in [0.4, 0.5) is 0 Å². The van der Waals surface area contributed by atoms with E-state index in [9.17, 15) is 4.79 Å². The topological polar surface area (TPSA) is 52.1 Å². The van der Waals surface area contributed by atoms with Crippen LogP contribution in [0.5, 0.6) is 0 Å². The van der Waals surface area contributed by atoms with E-state index in [4.69, 9.17) is 4.74 Å². The minimum absolute atomic E-state index is 0.240. The number of hydrogen-bond acceptors (Lipinski definition) is 5. The van der Waals surface area contributed by atoms with Crippen molar-refractivity contribution >= 4 is 17.3 Å². The molecule has 5 heteroatoms. The van der Waals surface area contributed by atoms with E-state index in [2.05, 4.69) is 9.59 Å². The summed E-state index contributed by atoms with van der Waals surface area (Å²) in [6.45, 7) is 2.52. The maximum absolute atomic E-state index is 11.0. The molecule has 1 heterocycles. The van der Waals surface area contributed by atoms with Crippen LogP contribution in [0.25, 0.3) is 0 Å². The third kappa shape index (κ3) is 2.82. The molecule has 0 radical (unpaired) electrons. The highest BCUT2D eigenvalue weighted by Gasteiger charge is 2.19. The van der Waals surface area contributed by atoms with Gasteiger partial charge in [0.25, 0.3) is 0 Å². The Bertz CT molecular complexity index is 341. The Morgan fingerprint density at radius 3 is 2.80 bits per heavy atom. The monoisotopic (exact) mass is 226 g/mol. The lowest BCUT2D eigenvalue weighted by Crippen LogP contribution is -2.21. The van der Waals surface area contributed by atoms with Gasteiger partial charge in [0, 0.05) is 12.8 Å². The second kappa shape index (κ2) is 4.81. The van der Waals surface area contributed by atoms with Crippen molar-refractivity contribution in [3.05, 3.63) is 10.6 Å². The smallest absolute Gasteiger partial charge is 0.133 e. The van der Waals surface area contributed by atoms with Gasteiger partial charge in [0.05, 0.1) is 23.3 Å². The zero-order chi connectivity index (χ0) is 10.7. The van der Waals surface area contributed by atoms with Gasteiger partial charge in [-0.25, -0.2) is 0 Å². The van der Waals surface area contributed by atoms with Gasteiger partial charge >= 0.3 is 0 Å². The maximum Gasteiger partial charge on any atom is 0.133 e. The normalized spacial score (nSPS) is 18.3. The first-order chi connectivity index (χ1) is 7.25. The van der Waals surface area contributed by atoms with Crippen LogP contribution >= 0.6 is 11.5 Å². The van der Waals surface area contributed by atoms with Gasteiger partial charge in [-0.05, 0) is 31.3 Å². The molecular weight excluding hydrogens is 212 g/mol. The number of ether oxygens (including phenoxy) is 1. The van der Waals surface area contributed by atoms with E-state index in [1.165, 1.54) is 11.5 Å². The first-order valence-corrected chi connectivity index (χ1v) is 5.94. The molecule has 2 rings (SSSR count). The number of carbonyl (C=O) groups excluding carboxylic acids is 1. The Labute approximate surface area is 92.8 Å². The largest absolute Gasteiger partial charge is 0.373 e. The predicted molar refractivity (Wildman–Crippen MR) is 56.7 cm³/mol. The minimum atomic E-state index is 0.240.